The molecule has 2 unspecified atom stereocenters. The van der Waals surface area contributed by atoms with Gasteiger partial charge in [0.05, 0.1) is 0 Å². The highest BCUT2D eigenvalue weighted by molar-refractivity contribution is 5.40. The highest BCUT2D eigenvalue weighted by Crippen LogP contribution is 2.35. The number of hydrogen-bond donors (Lipinski definition) is 1. The Morgan fingerprint density at radius 3 is 2.70 bits per heavy atom. The van der Waals surface area contributed by atoms with Crippen molar-refractivity contribution in [3.63, 3.8) is 0 Å². The normalized spacial score (nSPS) is 23.4. The largest absolute Gasteiger partial charge is 0.487 e. The van der Waals surface area contributed by atoms with Crippen LogP contribution < -0.4 is 4.74 Å². The van der Waals surface area contributed by atoms with Crippen molar-refractivity contribution in [2.75, 3.05) is 0 Å². The average Bonchev–Trinajstić information content (AvgIpc) is 3.05. The quantitative estimate of drug-likeness (QED) is 0.904. The van der Waals surface area contributed by atoms with Crippen LogP contribution in [0, 0.1) is 0 Å². The molecule has 0 saturated carbocycles. The second kappa shape index (κ2) is 4.64. The molecule has 2 nitrogen and oxygen atoms in total. The number of ether oxygens (including phenoxy) is 1. The molecule has 2 aliphatic rings. The summed E-state index contributed by atoms with van der Waals surface area (Å²) in [6, 6.07) is 14.4. The lowest BCUT2D eigenvalue weighted by Gasteiger charge is -2.18. The fraction of sp³-hybridized carbons (Fsp3) is 0.333. The van der Waals surface area contributed by atoms with Gasteiger partial charge in [0, 0.05) is 6.42 Å². The van der Waals surface area contributed by atoms with Crippen LogP contribution in [0.4, 0.5) is 0 Å². The Labute approximate surface area is 119 Å². The molecule has 2 aromatic rings. The molecule has 4 rings (SSSR count). The smallest absolute Gasteiger partial charge is 0.133 e. The van der Waals surface area contributed by atoms with E-state index in [-0.39, 0.29) is 6.10 Å². The van der Waals surface area contributed by atoms with Crippen molar-refractivity contribution < 1.29 is 9.84 Å². The lowest BCUT2D eigenvalue weighted by atomic mass is 10.1. The Bertz CT molecular complexity index is 648. The van der Waals surface area contributed by atoms with Crippen LogP contribution >= 0.6 is 0 Å². The summed E-state index contributed by atoms with van der Waals surface area (Å²) in [5, 5.41) is 10.4. The van der Waals surface area contributed by atoms with Gasteiger partial charge in [-0.25, -0.2) is 0 Å². The van der Waals surface area contributed by atoms with Crippen molar-refractivity contribution in [2.45, 2.75) is 37.9 Å². The van der Waals surface area contributed by atoms with E-state index >= 15 is 0 Å². The SMILES string of the molecule is OC1c2ccccc2CC1Oc1ccc2c(c1)CCC2. The monoisotopic (exact) mass is 266 g/mol. The first-order valence-corrected chi connectivity index (χ1v) is 7.35. The summed E-state index contributed by atoms with van der Waals surface area (Å²) >= 11 is 0. The molecule has 0 bridgehead atoms. The molecule has 2 heteroatoms. The van der Waals surface area contributed by atoms with E-state index < -0.39 is 6.10 Å². The first kappa shape index (κ1) is 12.0. The summed E-state index contributed by atoms with van der Waals surface area (Å²) in [5.74, 6) is 0.891. The van der Waals surface area contributed by atoms with Gasteiger partial charge in [-0.15, -0.1) is 0 Å². The second-order valence-corrected chi connectivity index (χ2v) is 5.79. The maximum atomic E-state index is 10.4. The molecule has 0 radical (unpaired) electrons. The Hall–Kier alpha value is -1.80. The Morgan fingerprint density at radius 2 is 1.80 bits per heavy atom. The first-order valence-electron chi connectivity index (χ1n) is 7.35. The van der Waals surface area contributed by atoms with E-state index in [1.807, 2.05) is 24.3 Å². The predicted molar refractivity (Wildman–Crippen MR) is 78.0 cm³/mol. The molecule has 0 amide bonds. The van der Waals surface area contributed by atoms with Gasteiger partial charge in [0.15, 0.2) is 0 Å². The number of aliphatic hydroxyl groups excluding tert-OH is 1. The number of hydrogen-bond acceptors (Lipinski definition) is 2. The van der Waals surface area contributed by atoms with Gasteiger partial charge in [-0.2, -0.15) is 0 Å². The van der Waals surface area contributed by atoms with Crippen molar-refractivity contribution in [1.29, 1.82) is 0 Å². The first-order chi connectivity index (χ1) is 9.81. The summed E-state index contributed by atoms with van der Waals surface area (Å²) in [7, 11) is 0. The van der Waals surface area contributed by atoms with E-state index in [0.717, 1.165) is 24.2 Å². The zero-order valence-corrected chi connectivity index (χ0v) is 11.4. The third kappa shape index (κ3) is 1.92. The van der Waals surface area contributed by atoms with E-state index in [0.29, 0.717) is 0 Å². The fourth-order valence-electron chi connectivity index (χ4n) is 3.44. The van der Waals surface area contributed by atoms with Crippen LogP contribution in [-0.2, 0) is 19.3 Å². The zero-order valence-electron chi connectivity index (χ0n) is 11.4. The zero-order chi connectivity index (χ0) is 13.5. The standard InChI is InChI=1S/C18H18O2/c19-18-16-7-2-1-4-14(16)11-17(18)20-15-9-8-12-5-3-6-13(12)10-15/h1-2,4,7-10,17-19H,3,5-6,11H2. The summed E-state index contributed by atoms with van der Waals surface area (Å²) in [6.07, 6.45) is 3.70. The number of benzene rings is 2. The lowest BCUT2D eigenvalue weighted by molar-refractivity contribution is 0.0493. The van der Waals surface area contributed by atoms with Gasteiger partial charge in [0.2, 0.25) is 0 Å². The molecular formula is C18H18O2. The Balaban J connectivity index is 1.56. The van der Waals surface area contributed by atoms with Crippen molar-refractivity contribution in [2.24, 2.45) is 0 Å². The molecule has 2 atom stereocenters. The van der Waals surface area contributed by atoms with Gasteiger partial charge in [-0.05, 0) is 53.6 Å². The Kier molecular flexibility index (Phi) is 2.78. The maximum Gasteiger partial charge on any atom is 0.133 e. The van der Waals surface area contributed by atoms with Crippen molar-refractivity contribution in [3.05, 3.63) is 64.7 Å². The topological polar surface area (TPSA) is 29.5 Å². The predicted octanol–water partition coefficient (Wildman–Crippen LogP) is 3.21. The number of fused-ring (bicyclic) bond motifs is 2. The van der Waals surface area contributed by atoms with E-state index in [1.165, 1.54) is 29.5 Å². The number of aryl methyl sites for hydroxylation is 2. The second-order valence-electron chi connectivity index (χ2n) is 5.79. The van der Waals surface area contributed by atoms with E-state index in [9.17, 15) is 5.11 Å². The van der Waals surface area contributed by atoms with E-state index in [4.69, 9.17) is 4.74 Å². The maximum absolute atomic E-state index is 10.4. The van der Waals surface area contributed by atoms with Crippen LogP contribution in [0.5, 0.6) is 5.75 Å². The van der Waals surface area contributed by atoms with Crippen LogP contribution in [0.15, 0.2) is 42.5 Å². The molecule has 0 fully saturated rings. The third-order valence-electron chi connectivity index (χ3n) is 4.50. The molecule has 0 aliphatic heterocycles. The minimum Gasteiger partial charge on any atom is -0.487 e. The van der Waals surface area contributed by atoms with Gasteiger partial charge in [-0.1, -0.05) is 30.3 Å². The molecule has 102 valence electrons. The highest BCUT2D eigenvalue weighted by atomic mass is 16.5. The molecule has 0 spiro atoms. The summed E-state index contributed by atoms with van der Waals surface area (Å²) < 4.78 is 6.05. The summed E-state index contributed by atoms with van der Waals surface area (Å²) in [6.45, 7) is 0. The van der Waals surface area contributed by atoms with Crippen molar-refractivity contribution in [3.8, 4) is 5.75 Å². The average molecular weight is 266 g/mol. The fourth-order valence-corrected chi connectivity index (χ4v) is 3.44. The van der Waals surface area contributed by atoms with Gasteiger partial charge >= 0.3 is 0 Å². The van der Waals surface area contributed by atoms with Crippen LogP contribution in [-0.4, -0.2) is 11.2 Å². The third-order valence-corrected chi connectivity index (χ3v) is 4.50. The molecule has 1 N–H and O–H groups in total. The van der Waals surface area contributed by atoms with Crippen LogP contribution in [0.1, 0.15) is 34.8 Å². The molecule has 20 heavy (non-hydrogen) atoms. The molecular weight excluding hydrogens is 248 g/mol. The minimum atomic E-state index is -0.514. The van der Waals surface area contributed by atoms with Crippen LogP contribution in [0.3, 0.4) is 0 Å². The number of rotatable bonds is 2. The number of aliphatic hydroxyl groups is 1. The minimum absolute atomic E-state index is 0.160. The van der Waals surface area contributed by atoms with Crippen LogP contribution in [0.25, 0.3) is 0 Å². The molecule has 2 aliphatic carbocycles. The molecule has 0 saturated heterocycles. The lowest BCUT2D eigenvalue weighted by Crippen LogP contribution is -2.21. The molecule has 0 aromatic heterocycles. The van der Waals surface area contributed by atoms with Crippen molar-refractivity contribution in [1.82, 2.24) is 0 Å². The molecule has 2 aromatic carbocycles. The van der Waals surface area contributed by atoms with Crippen molar-refractivity contribution >= 4 is 0 Å². The summed E-state index contributed by atoms with van der Waals surface area (Å²) in [5.41, 5.74) is 5.07. The van der Waals surface area contributed by atoms with E-state index in [2.05, 4.69) is 18.2 Å². The Morgan fingerprint density at radius 1 is 0.950 bits per heavy atom. The van der Waals surface area contributed by atoms with Gasteiger partial charge in [0.25, 0.3) is 0 Å². The highest BCUT2D eigenvalue weighted by Gasteiger charge is 2.32. The van der Waals surface area contributed by atoms with Gasteiger partial charge in [0.1, 0.15) is 18.0 Å². The van der Waals surface area contributed by atoms with Gasteiger partial charge < -0.3 is 9.84 Å². The van der Waals surface area contributed by atoms with Gasteiger partial charge in [-0.3, -0.25) is 0 Å². The van der Waals surface area contributed by atoms with E-state index in [1.54, 1.807) is 0 Å². The molecule has 0 heterocycles. The summed E-state index contributed by atoms with van der Waals surface area (Å²) in [4.78, 5) is 0. The van der Waals surface area contributed by atoms with Crippen LogP contribution in [0.2, 0.25) is 0 Å².